The van der Waals surface area contributed by atoms with Gasteiger partial charge in [0.05, 0.1) is 5.69 Å². The molecule has 0 aliphatic heterocycles. The molecule has 1 N–H and O–H groups in total. The molecule has 2 aromatic rings. The third-order valence-electron chi connectivity index (χ3n) is 2.30. The minimum atomic E-state index is -0.981. The van der Waals surface area contributed by atoms with E-state index in [-0.39, 0.29) is 11.3 Å². The van der Waals surface area contributed by atoms with Gasteiger partial charge >= 0.3 is 0 Å². The number of anilines is 1. The molecule has 0 bridgehead atoms. The highest BCUT2D eigenvalue weighted by molar-refractivity contribution is 6.04. The van der Waals surface area contributed by atoms with Gasteiger partial charge in [-0.05, 0) is 24.3 Å². The Morgan fingerprint density at radius 1 is 0.842 bits per heavy atom. The summed E-state index contributed by atoms with van der Waals surface area (Å²) in [6.45, 7) is 0. The fourth-order valence-corrected chi connectivity index (χ4v) is 1.47. The zero-order chi connectivity index (χ0) is 14.0. The molecule has 0 radical (unpaired) electrons. The number of halogens is 4. The summed E-state index contributed by atoms with van der Waals surface area (Å²) in [5, 5.41) is 2.09. The molecule has 19 heavy (non-hydrogen) atoms. The van der Waals surface area contributed by atoms with Crippen LogP contribution >= 0.6 is 0 Å². The SMILES string of the molecule is O=C(Nc1ccc(F)cc1F)c1cc(F)cc(F)c1. The van der Waals surface area contributed by atoms with E-state index in [4.69, 9.17) is 0 Å². The third-order valence-corrected chi connectivity index (χ3v) is 2.30. The van der Waals surface area contributed by atoms with E-state index in [1.807, 2.05) is 0 Å². The van der Waals surface area contributed by atoms with Crippen molar-refractivity contribution in [2.75, 3.05) is 5.32 Å². The number of rotatable bonds is 2. The summed E-state index contributed by atoms with van der Waals surface area (Å²) in [6.07, 6.45) is 0. The van der Waals surface area contributed by atoms with Gasteiger partial charge < -0.3 is 5.32 Å². The maximum absolute atomic E-state index is 13.3. The third kappa shape index (κ3) is 3.09. The van der Waals surface area contributed by atoms with Gasteiger partial charge in [-0.3, -0.25) is 4.79 Å². The quantitative estimate of drug-likeness (QED) is 0.831. The molecule has 2 aromatic carbocycles. The largest absolute Gasteiger partial charge is 0.319 e. The van der Waals surface area contributed by atoms with Gasteiger partial charge in [0.15, 0.2) is 0 Å². The Balaban J connectivity index is 2.25. The Labute approximate surface area is 105 Å². The predicted molar refractivity (Wildman–Crippen MR) is 60.7 cm³/mol. The lowest BCUT2D eigenvalue weighted by Crippen LogP contribution is -2.13. The molecule has 0 aromatic heterocycles. The van der Waals surface area contributed by atoms with Crippen LogP contribution in [0.3, 0.4) is 0 Å². The van der Waals surface area contributed by atoms with E-state index in [1.165, 1.54) is 0 Å². The topological polar surface area (TPSA) is 29.1 Å². The van der Waals surface area contributed by atoms with Crippen molar-refractivity contribution in [3.63, 3.8) is 0 Å². The van der Waals surface area contributed by atoms with Crippen LogP contribution in [0.25, 0.3) is 0 Å². The van der Waals surface area contributed by atoms with E-state index >= 15 is 0 Å². The van der Waals surface area contributed by atoms with Crippen molar-refractivity contribution >= 4 is 11.6 Å². The van der Waals surface area contributed by atoms with Gasteiger partial charge in [0.1, 0.15) is 23.3 Å². The molecule has 2 nitrogen and oxygen atoms in total. The molecule has 98 valence electrons. The number of carbonyl (C=O) groups is 1. The molecular formula is C13H7F4NO. The van der Waals surface area contributed by atoms with Crippen molar-refractivity contribution in [3.8, 4) is 0 Å². The summed E-state index contributed by atoms with van der Waals surface area (Å²) in [5.41, 5.74) is -0.586. The second-order valence-corrected chi connectivity index (χ2v) is 3.74. The smallest absolute Gasteiger partial charge is 0.255 e. The average molecular weight is 269 g/mol. The standard InChI is InChI=1S/C13H7F4NO/c14-8-1-2-12(11(17)6-8)18-13(19)7-3-9(15)5-10(16)4-7/h1-6H,(H,18,19). The zero-order valence-electron chi connectivity index (χ0n) is 9.38. The summed E-state index contributed by atoms with van der Waals surface area (Å²) in [7, 11) is 0. The molecule has 0 heterocycles. The first-order valence-electron chi connectivity index (χ1n) is 5.18. The molecule has 0 fully saturated rings. The Morgan fingerprint density at radius 2 is 1.47 bits per heavy atom. The van der Waals surface area contributed by atoms with Gasteiger partial charge in [0, 0.05) is 17.7 Å². The molecule has 0 unspecified atom stereocenters. The summed E-state index contributed by atoms with van der Waals surface area (Å²) < 4.78 is 51.8. The Bertz CT molecular complexity index is 622. The van der Waals surface area contributed by atoms with E-state index in [2.05, 4.69) is 5.32 Å². The fourth-order valence-electron chi connectivity index (χ4n) is 1.47. The first-order chi connectivity index (χ1) is 8.95. The molecular weight excluding hydrogens is 262 g/mol. The maximum Gasteiger partial charge on any atom is 0.255 e. The van der Waals surface area contributed by atoms with Gasteiger partial charge in [-0.15, -0.1) is 0 Å². The van der Waals surface area contributed by atoms with E-state index in [0.717, 1.165) is 24.3 Å². The second-order valence-electron chi connectivity index (χ2n) is 3.74. The molecule has 0 saturated heterocycles. The van der Waals surface area contributed by atoms with Crippen molar-refractivity contribution in [3.05, 3.63) is 65.2 Å². The van der Waals surface area contributed by atoms with Crippen molar-refractivity contribution < 1.29 is 22.4 Å². The molecule has 1 amide bonds. The van der Waals surface area contributed by atoms with Crippen LogP contribution in [-0.4, -0.2) is 5.91 Å². The number of amides is 1. The fraction of sp³-hybridized carbons (Fsp3) is 0. The monoisotopic (exact) mass is 269 g/mol. The molecule has 0 saturated carbocycles. The number of carbonyl (C=O) groups excluding carboxylic acids is 1. The average Bonchev–Trinajstić information content (AvgIpc) is 2.31. The highest BCUT2D eigenvalue weighted by Crippen LogP contribution is 2.17. The lowest BCUT2D eigenvalue weighted by Gasteiger charge is -2.06. The van der Waals surface area contributed by atoms with Crippen molar-refractivity contribution in [1.82, 2.24) is 0 Å². The lowest BCUT2D eigenvalue weighted by molar-refractivity contribution is 0.102. The van der Waals surface area contributed by atoms with Crippen LogP contribution in [0.1, 0.15) is 10.4 Å². The Hall–Kier alpha value is -2.37. The summed E-state index contributed by atoms with van der Waals surface area (Å²) in [4.78, 5) is 11.7. The van der Waals surface area contributed by atoms with Crippen LogP contribution < -0.4 is 5.32 Å². The summed E-state index contributed by atoms with van der Waals surface area (Å²) in [6, 6.07) is 4.76. The van der Waals surface area contributed by atoms with Crippen LogP contribution in [-0.2, 0) is 0 Å². The lowest BCUT2D eigenvalue weighted by atomic mass is 10.2. The van der Waals surface area contributed by atoms with Crippen LogP contribution in [0.15, 0.2) is 36.4 Å². The van der Waals surface area contributed by atoms with E-state index < -0.39 is 29.2 Å². The molecule has 0 aliphatic carbocycles. The highest BCUT2D eigenvalue weighted by atomic mass is 19.1. The first kappa shape index (κ1) is 13.1. The number of hydrogen-bond acceptors (Lipinski definition) is 1. The predicted octanol–water partition coefficient (Wildman–Crippen LogP) is 3.50. The minimum Gasteiger partial charge on any atom is -0.319 e. The first-order valence-corrected chi connectivity index (χ1v) is 5.18. The number of hydrogen-bond donors (Lipinski definition) is 1. The molecule has 0 spiro atoms. The summed E-state index contributed by atoms with van der Waals surface area (Å²) >= 11 is 0. The van der Waals surface area contributed by atoms with Crippen LogP contribution in [0.2, 0.25) is 0 Å². The highest BCUT2D eigenvalue weighted by Gasteiger charge is 2.12. The van der Waals surface area contributed by atoms with Crippen molar-refractivity contribution in [2.24, 2.45) is 0 Å². The molecule has 6 heteroatoms. The molecule has 0 atom stereocenters. The Morgan fingerprint density at radius 3 is 2.05 bits per heavy atom. The minimum absolute atomic E-state index is 0.281. The van der Waals surface area contributed by atoms with E-state index in [1.54, 1.807) is 0 Å². The summed E-state index contributed by atoms with van der Waals surface area (Å²) in [5.74, 6) is -4.53. The maximum atomic E-state index is 13.3. The number of nitrogens with one attached hydrogen (secondary N) is 1. The van der Waals surface area contributed by atoms with Crippen LogP contribution in [0.4, 0.5) is 23.2 Å². The molecule has 0 aliphatic rings. The van der Waals surface area contributed by atoms with Gasteiger partial charge in [0.25, 0.3) is 5.91 Å². The second kappa shape index (κ2) is 5.09. The van der Waals surface area contributed by atoms with Gasteiger partial charge in [-0.2, -0.15) is 0 Å². The van der Waals surface area contributed by atoms with Gasteiger partial charge in [-0.1, -0.05) is 0 Å². The van der Waals surface area contributed by atoms with Crippen LogP contribution in [0.5, 0.6) is 0 Å². The van der Waals surface area contributed by atoms with Crippen molar-refractivity contribution in [2.45, 2.75) is 0 Å². The normalized spacial score (nSPS) is 10.3. The van der Waals surface area contributed by atoms with Crippen molar-refractivity contribution in [1.29, 1.82) is 0 Å². The Kier molecular flexibility index (Phi) is 3.50. The number of benzene rings is 2. The van der Waals surface area contributed by atoms with Crippen LogP contribution in [0, 0.1) is 23.3 Å². The van der Waals surface area contributed by atoms with Gasteiger partial charge in [0.2, 0.25) is 0 Å². The zero-order valence-corrected chi connectivity index (χ0v) is 9.38. The van der Waals surface area contributed by atoms with E-state index in [9.17, 15) is 22.4 Å². The molecule has 2 rings (SSSR count). The van der Waals surface area contributed by atoms with Gasteiger partial charge in [-0.25, -0.2) is 17.6 Å². The van der Waals surface area contributed by atoms with E-state index in [0.29, 0.717) is 12.1 Å².